The van der Waals surface area contributed by atoms with E-state index in [9.17, 15) is 0 Å². The van der Waals surface area contributed by atoms with E-state index in [1.165, 1.54) is 0 Å². The Morgan fingerprint density at radius 3 is 3.00 bits per heavy atom. The second-order valence-corrected chi connectivity index (χ2v) is 4.57. The molecule has 82 valence electrons. The van der Waals surface area contributed by atoms with E-state index in [2.05, 4.69) is 4.98 Å². The molecule has 0 fully saturated rings. The summed E-state index contributed by atoms with van der Waals surface area (Å²) < 4.78 is 5.40. The molecular weight excluding hydrogens is 245 g/mol. The molecule has 0 atom stereocenters. The van der Waals surface area contributed by atoms with Gasteiger partial charge in [-0.05, 0) is 6.07 Å². The third kappa shape index (κ3) is 1.49. The summed E-state index contributed by atoms with van der Waals surface area (Å²) in [6, 6.07) is 5.65. The molecule has 0 saturated heterocycles. The maximum atomic E-state index is 6.35. The Kier molecular flexibility index (Phi) is 2.51. The minimum absolute atomic E-state index is 0.545. The van der Waals surface area contributed by atoms with Crippen molar-refractivity contribution in [1.29, 1.82) is 0 Å². The van der Waals surface area contributed by atoms with Gasteiger partial charge in [-0.1, -0.05) is 35.3 Å². The standard InChI is InChI=1S/C12H9Cl2NO/c13-9-3-1-2-7-11(14)8-6-16-5-4-10(8)15-12(7)9/h1-3H,4-6H2. The average Bonchev–Trinajstić information content (AvgIpc) is 2.31. The van der Waals surface area contributed by atoms with E-state index < -0.39 is 0 Å². The summed E-state index contributed by atoms with van der Waals surface area (Å²) in [5.74, 6) is 0. The van der Waals surface area contributed by atoms with Gasteiger partial charge in [0, 0.05) is 17.4 Å². The van der Waals surface area contributed by atoms with Crippen molar-refractivity contribution in [2.45, 2.75) is 13.0 Å². The molecule has 1 aliphatic rings. The van der Waals surface area contributed by atoms with Gasteiger partial charge in [-0.2, -0.15) is 0 Å². The van der Waals surface area contributed by atoms with Crippen LogP contribution in [0.2, 0.25) is 10.0 Å². The van der Waals surface area contributed by atoms with Gasteiger partial charge in [0.2, 0.25) is 0 Å². The second-order valence-electron chi connectivity index (χ2n) is 3.79. The Labute approximate surface area is 103 Å². The molecule has 0 aliphatic carbocycles. The first kappa shape index (κ1) is 10.3. The molecule has 0 saturated carbocycles. The first-order valence-corrected chi connectivity index (χ1v) is 5.86. The second kappa shape index (κ2) is 3.88. The Morgan fingerprint density at radius 2 is 2.12 bits per heavy atom. The van der Waals surface area contributed by atoms with Gasteiger partial charge >= 0.3 is 0 Å². The van der Waals surface area contributed by atoms with Crippen LogP contribution in [0, 0.1) is 0 Å². The highest BCUT2D eigenvalue weighted by atomic mass is 35.5. The minimum Gasteiger partial charge on any atom is -0.376 e. The number of rotatable bonds is 0. The lowest BCUT2D eigenvalue weighted by molar-refractivity contribution is 0.109. The largest absolute Gasteiger partial charge is 0.376 e. The zero-order valence-electron chi connectivity index (χ0n) is 8.46. The van der Waals surface area contributed by atoms with Crippen molar-refractivity contribution in [1.82, 2.24) is 4.98 Å². The highest BCUT2D eigenvalue weighted by Gasteiger charge is 2.18. The zero-order valence-corrected chi connectivity index (χ0v) is 9.98. The average molecular weight is 254 g/mol. The number of ether oxygens (including phenoxy) is 1. The van der Waals surface area contributed by atoms with Crippen molar-refractivity contribution < 1.29 is 4.74 Å². The number of halogens is 2. The minimum atomic E-state index is 0.545. The molecule has 0 radical (unpaired) electrons. The number of nitrogens with zero attached hydrogens (tertiary/aromatic N) is 1. The fourth-order valence-electron chi connectivity index (χ4n) is 1.99. The van der Waals surface area contributed by atoms with Gasteiger partial charge in [0.1, 0.15) is 0 Å². The molecule has 3 rings (SSSR count). The Hall–Kier alpha value is -0.830. The monoisotopic (exact) mass is 253 g/mol. The Morgan fingerprint density at radius 1 is 1.25 bits per heavy atom. The number of fused-ring (bicyclic) bond motifs is 2. The molecule has 4 heteroatoms. The molecule has 2 aromatic rings. The van der Waals surface area contributed by atoms with Crippen LogP contribution < -0.4 is 0 Å². The van der Waals surface area contributed by atoms with Crippen molar-refractivity contribution in [2.75, 3.05) is 6.61 Å². The number of benzene rings is 1. The lowest BCUT2D eigenvalue weighted by atomic mass is 10.1. The van der Waals surface area contributed by atoms with E-state index >= 15 is 0 Å². The highest BCUT2D eigenvalue weighted by Crippen LogP contribution is 2.33. The van der Waals surface area contributed by atoms with Crippen LogP contribution in [0.5, 0.6) is 0 Å². The topological polar surface area (TPSA) is 22.1 Å². The van der Waals surface area contributed by atoms with Crippen molar-refractivity contribution in [2.24, 2.45) is 0 Å². The van der Waals surface area contributed by atoms with E-state index in [4.69, 9.17) is 27.9 Å². The molecule has 16 heavy (non-hydrogen) atoms. The van der Waals surface area contributed by atoms with Gasteiger partial charge < -0.3 is 4.74 Å². The molecule has 0 amide bonds. The van der Waals surface area contributed by atoms with Crippen LogP contribution in [0.15, 0.2) is 18.2 Å². The summed E-state index contributed by atoms with van der Waals surface area (Å²) in [4.78, 5) is 4.58. The fourth-order valence-corrected chi connectivity index (χ4v) is 2.53. The lowest BCUT2D eigenvalue weighted by Gasteiger charge is -2.18. The highest BCUT2D eigenvalue weighted by molar-refractivity contribution is 6.39. The van der Waals surface area contributed by atoms with Crippen LogP contribution in [0.1, 0.15) is 11.3 Å². The van der Waals surface area contributed by atoms with E-state index in [1.807, 2.05) is 18.2 Å². The SMILES string of the molecule is Clc1c2c(nc3c(Cl)cccc13)CCOC2. The van der Waals surface area contributed by atoms with Crippen LogP contribution in [0.4, 0.5) is 0 Å². The number of hydrogen-bond donors (Lipinski definition) is 0. The third-order valence-electron chi connectivity index (χ3n) is 2.81. The predicted molar refractivity (Wildman–Crippen MR) is 65.1 cm³/mol. The van der Waals surface area contributed by atoms with Crippen molar-refractivity contribution in [3.8, 4) is 0 Å². The van der Waals surface area contributed by atoms with Crippen molar-refractivity contribution >= 4 is 34.1 Å². The van der Waals surface area contributed by atoms with Crippen molar-refractivity contribution in [3.63, 3.8) is 0 Å². The molecule has 2 heterocycles. The van der Waals surface area contributed by atoms with Crippen LogP contribution in [0.3, 0.4) is 0 Å². The van der Waals surface area contributed by atoms with Crippen LogP contribution >= 0.6 is 23.2 Å². The Balaban J connectivity index is 2.39. The predicted octanol–water partition coefficient (Wildman–Crippen LogP) is 3.61. The van der Waals surface area contributed by atoms with E-state index in [1.54, 1.807) is 0 Å². The molecule has 1 aromatic heterocycles. The molecule has 0 spiro atoms. The molecule has 0 N–H and O–H groups in total. The van der Waals surface area contributed by atoms with E-state index in [0.29, 0.717) is 18.2 Å². The quantitative estimate of drug-likeness (QED) is 0.716. The number of hydrogen-bond acceptors (Lipinski definition) is 2. The number of aromatic nitrogens is 1. The van der Waals surface area contributed by atoms with E-state index in [0.717, 1.165) is 33.6 Å². The summed E-state index contributed by atoms with van der Waals surface area (Å²) >= 11 is 12.5. The van der Waals surface area contributed by atoms with Gasteiger partial charge in [0.05, 0.1) is 34.5 Å². The first-order chi connectivity index (χ1) is 7.77. The maximum Gasteiger partial charge on any atom is 0.0906 e. The van der Waals surface area contributed by atoms with Gasteiger partial charge in [-0.15, -0.1) is 0 Å². The van der Waals surface area contributed by atoms with Crippen molar-refractivity contribution in [3.05, 3.63) is 39.5 Å². The molecule has 1 aromatic carbocycles. The molecular formula is C12H9Cl2NO. The van der Waals surface area contributed by atoms with Gasteiger partial charge in [0.25, 0.3) is 0 Å². The molecule has 0 unspecified atom stereocenters. The van der Waals surface area contributed by atoms with Crippen LogP contribution in [0.25, 0.3) is 10.9 Å². The number of para-hydroxylation sites is 1. The molecule has 2 nitrogen and oxygen atoms in total. The molecule has 0 bridgehead atoms. The maximum absolute atomic E-state index is 6.35. The van der Waals surface area contributed by atoms with Gasteiger partial charge in [-0.3, -0.25) is 4.98 Å². The Bertz CT molecular complexity index is 568. The fraction of sp³-hybridized carbons (Fsp3) is 0.250. The summed E-state index contributed by atoms with van der Waals surface area (Å²) in [5.41, 5.74) is 2.80. The van der Waals surface area contributed by atoms with Crippen LogP contribution in [-0.4, -0.2) is 11.6 Å². The van der Waals surface area contributed by atoms with Gasteiger partial charge in [-0.25, -0.2) is 0 Å². The third-order valence-corrected chi connectivity index (χ3v) is 3.55. The zero-order chi connectivity index (χ0) is 11.1. The van der Waals surface area contributed by atoms with E-state index in [-0.39, 0.29) is 0 Å². The summed E-state index contributed by atoms with van der Waals surface area (Å²) in [7, 11) is 0. The first-order valence-electron chi connectivity index (χ1n) is 5.10. The summed E-state index contributed by atoms with van der Waals surface area (Å²) in [6.45, 7) is 1.25. The lowest BCUT2D eigenvalue weighted by Crippen LogP contribution is -2.12. The normalized spacial score (nSPS) is 15.1. The molecule has 1 aliphatic heterocycles. The summed E-state index contributed by atoms with van der Waals surface area (Å²) in [6.07, 6.45) is 0.802. The smallest absolute Gasteiger partial charge is 0.0906 e. The number of pyridine rings is 1. The van der Waals surface area contributed by atoms with Gasteiger partial charge in [0.15, 0.2) is 0 Å². The van der Waals surface area contributed by atoms with Crippen LogP contribution in [-0.2, 0) is 17.8 Å². The summed E-state index contributed by atoms with van der Waals surface area (Å²) in [5, 5.41) is 2.27.